The molecule has 0 aromatic heterocycles. The maximum Gasteiger partial charge on any atom is 0.225 e. The summed E-state index contributed by atoms with van der Waals surface area (Å²) in [6.45, 7) is 5.34. The Kier molecular flexibility index (Phi) is 4.91. The lowest BCUT2D eigenvalue weighted by atomic mass is 9.99. The lowest BCUT2D eigenvalue weighted by Crippen LogP contribution is -2.38. The average Bonchev–Trinajstić information content (AvgIpc) is 2.66. The van der Waals surface area contributed by atoms with Crippen molar-refractivity contribution in [3.05, 3.63) is 35.6 Å². The van der Waals surface area contributed by atoms with Crippen molar-refractivity contribution < 1.29 is 9.18 Å². The molecule has 2 rings (SSSR count). The number of rotatable bonds is 3. The van der Waals surface area contributed by atoms with Crippen LogP contribution in [0.25, 0.3) is 0 Å². The molecule has 0 radical (unpaired) electrons. The first-order chi connectivity index (χ1) is 9.16. The van der Waals surface area contributed by atoms with Crippen LogP contribution in [0, 0.1) is 11.7 Å². The Balaban J connectivity index is 1.94. The van der Waals surface area contributed by atoms with Gasteiger partial charge in [-0.05, 0) is 37.1 Å². The zero-order valence-electron chi connectivity index (χ0n) is 11.4. The molecule has 104 valence electrons. The third-order valence-electron chi connectivity index (χ3n) is 3.50. The van der Waals surface area contributed by atoms with E-state index < -0.39 is 0 Å². The SMILES string of the molecule is CC(Cc1cccc(F)c1)C(=O)N1CCCNCC1. The molecule has 4 heteroatoms. The fraction of sp³-hybridized carbons (Fsp3) is 0.533. The Morgan fingerprint density at radius 2 is 2.26 bits per heavy atom. The number of hydrogen-bond acceptors (Lipinski definition) is 2. The quantitative estimate of drug-likeness (QED) is 0.903. The molecule has 0 spiro atoms. The fourth-order valence-electron chi connectivity index (χ4n) is 2.48. The highest BCUT2D eigenvalue weighted by molar-refractivity contribution is 5.78. The summed E-state index contributed by atoms with van der Waals surface area (Å²) in [4.78, 5) is 14.3. The Hall–Kier alpha value is -1.42. The highest BCUT2D eigenvalue weighted by Crippen LogP contribution is 2.13. The van der Waals surface area contributed by atoms with E-state index in [1.807, 2.05) is 17.9 Å². The molecule has 1 amide bonds. The standard InChI is InChI=1S/C15H21FN2O/c1-12(10-13-4-2-5-14(16)11-13)15(19)18-8-3-6-17-7-9-18/h2,4-5,11-12,17H,3,6-10H2,1H3. The van der Waals surface area contributed by atoms with Crippen molar-refractivity contribution in [1.29, 1.82) is 0 Å². The van der Waals surface area contributed by atoms with Gasteiger partial charge in [0, 0.05) is 25.6 Å². The molecule has 1 aromatic carbocycles. The van der Waals surface area contributed by atoms with E-state index in [1.54, 1.807) is 6.07 Å². The number of nitrogens with zero attached hydrogens (tertiary/aromatic N) is 1. The van der Waals surface area contributed by atoms with Gasteiger partial charge in [-0.1, -0.05) is 19.1 Å². The lowest BCUT2D eigenvalue weighted by Gasteiger charge is -2.24. The van der Waals surface area contributed by atoms with E-state index in [1.165, 1.54) is 12.1 Å². The van der Waals surface area contributed by atoms with Crippen LogP contribution in [0.3, 0.4) is 0 Å². The lowest BCUT2D eigenvalue weighted by molar-refractivity contribution is -0.134. The summed E-state index contributed by atoms with van der Waals surface area (Å²) in [5.74, 6) is -0.163. The van der Waals surface area contributed by atoms with Crippen LogP contribution in [0.4, 0.5) is 4.39 Å². The summed E-state index contributed by atoms with van der Waals surface area (Å²) in [7, 11) is 0. The van der Waals surface area contributed by atoms with Gasteiger partial charge >= 0.3 is 0 Å². The highest BCUT2D eigenvalue weighted by atomic mass is 19.1. The van der Waals surface area contributed by atoms with Crippen molar-refractivity contribution in [2.75, 3.05) is 26.2 Å². The largest absolute Gasteiger partial charge is 0.341 e. The topological polar surface area (TPSA) is 32.3 Å². The van der Waals surface area contributed by atoms with E-state index >= 15 is 0 Å². The molecule has 1 aliphatic heterocycles. The van der Waals surface area contributed by atoms with Crippen LogP contribution in [0.2, 0.25) is 0 Å². The van der Waals surface area contributed by atoms with Gasteiger partial charge in [0.05, 0.1) is 0 Å². The second-order valence-electron chi connectivity index (χ2n) is 5.16. The van der Waals surface area contributed by atoms with Crippen LogP contribution in [0.1, 0.15) is 18.9 Å². The van der Waals surface area contributed by atoms with E-state index in [9.17, 15) is 9.18 Å². The molecule has 1 unspecified atom stereocenters. The molecule has 1 fully saturated rings. The van der Waals surface area contributed by atoms with Gasteiger partial charge in [-0.25, -0.2) is 4.39 Å². The van der Waals surface area contributed by atoms with Gasteiger partial charge in [0.2, 0.25) is 5.91 Å². The number of benzene rings is 1. The third-order valence-corrected chi connectivity index (χ3v) is 3.50. The smallest absolute Gasteiger partial charge is 0.225 e. The van der Waals surface area contributed by atoms with E-state index in [-0.39, 0.29) is 17.6 Å². The average molecular weight is 264 g/mol. The summed E-state index contributed by atoms with van der Waals surface area (Å²) >= 11 is 0. The van der Waals surface area contributed by atoms with Crippen LogP contribution in [-0.2, 0) is 11.2 Å². The highest BCUT2D eigenvalue weighted by Gasteiger charge is 2.21. The maximum absolute atomic E-state index is 13.1. The summed E-state index contributed by atoms with van der Waals surface area (Å²) in [5, 5.41) is 3.28. The molecule has 1 N–H and O–H groups in total. The molecule has 1 aromatic rings. The van der Waals surface area contributed by atoms with Crippen LogP contribution >= 0.6 is 0 Å². The predicted molar refractivity (Wildman–Crippen MR) is 73.3 cm³/mol. The summed E-state index contributed by atoms with van der Waals surface area (Å²) in [6.07, 6.45) is 1.60. The number of amides is 1. The molecule has 1 saturated heterocycles. The number of hydrogen-bond donors (Lipinski definition) is 1. The Morgan fingerprint density at radius 1 is 1.42 bits per heavy atom. The predicted octanol–water partition coefficient (Wildman–Crippen LogP) is 1.83. The van der Waals surface area contributed by atoms with Crippen LogP contribution in [0.5, 0.6) is 0 Å². The van der Waals surface area contributed by atoms with Gasteiger partial charge < -0.3 is 10.2 Å². The van der Waals surface area contributed by atoms with Crippen molar-refractivity contribution in [2.45, 2.75) is 19.8 Å². The maximum atomic E-state index is 13.1. The second-order valence-corrected chi connectivity index (χ2v) is 5.16. The normalized spacial score (nSPS) is 17.9. The monoisotopic (exact) mass is 264 g/mol. The third kappa shape index (κ3) is 4.03. The van der Waals surface area contributed by atoms with E-state index in [0.717, 1.165) is 38.2 Å². The minimum atomic E-state index is -0.240. The van der Waals surface area contributed by atoms with Crippen molar-refractivity contribution in [2.24, 2.45) is 5.92 Å². The molecule has 1 heterocycles. The van der Waals surface area contributed by atoms with Gasteiger partial charge in [0.1, 0.15) is 5.82 Å². The zero-order valence-corrected chi connectivity index (χ0v) is 11.4. The van der Waals surface area contributed by atoms with E-state index in [4.69, 9.17) is 0 Å². The van der Waals surface area contributed by atoms with Crippen LogP contribution in [0.15, 0.2) is 24.3 Å². The number of carbonyl (C=O) groups is 1. The molecule has 19 heavy (non-hydrogen) atoms. The van der Waals surface area contributed by atoms with E-state index in [2.05, 4.69) is 5.32 Å². The molecule has 1 aliphatic rings. The number of nitrogens with one attached hydrogen (secondary N) is 1. The van der Waals surface area contributed by atoms with E-state index in [0.29, 0.717) is 6.42 Å². The number of carbonyl (C=O) groups excluding carboxylic acids is 1. The fourth-order valence-corrected chi connectivity index (χ4v) is 2.48. The van der Waals surface area contributed by atoms with Gasteiger partial charge in [-0.3, -0.25) is 4.79 Å². The Bertz CT molecular complexity index is 428. The first kappa shape index (κ1) is 14.0. The van der Waals surface area contributed by atoms with Crippen molar-refractivity contribution in [3.63, 3.8) is 0 Å². The molecule has 0 saturated carbocycles. The van der Waals surface area contributed by atoms with Crippen molar-refractivity contribution in [1.82, 2.24) is 10.2 Å². The summed E-state index contributed by atoms with van der Waals surface area (Å²) in [5.41, 5.74) is 0.883. The first-order valence-electron chi connectivity index (χ1n) is 6.91. The van der Waals surface area contributed by atoms with Crippen molar-refractivity contribution >= 4 is 5.91 Å². The molecule has 0 aliphatic carbocycles. The number of halogens is 1. The molecule has 1 atom stereocenters. The Morgan fingerprint density at radius 3 is 3.05 bits per heavy atom. The summed E-state index contributed by atoms with van der Waals surface area (Å²) < 4.78 is 13.1. The van der Waals surface area contributed by atoms with Gasteiger partial charge in [-0.2, -0.15) is 0 Å². The Labute approximate surface area is 113 Å². The minimum Gasteiger partial charge on any atom is -0.341 e. The molecular formula is C15H21FN2O. The van der Waals surface area contributed by atoms with Crippen molar-refractivity contribution in [3.8, 4) is 0 Å². The molecular weight excluding hydrogens is 243 g/mol. The first-order valence-corrected chi connectivity index (χ1v) is 6.91. The minimum absolute atomic E-state index is 0.0973. The summed E-state index contributed by atoms with van der Waals surface area (Å²) in [6, 6.07) is 6.50. The molecule has 3 nitrogen and oxygen atoms in total. The van der Waals surface area contributed by atoms with Gasteiger partial charge in [0.15, 0.2) is 0 Å². The van der Waals surface area contributed by atoms with Gasteiger partial charge in [0.25, 0.3) is 0 Å². The van der Waals surface area contributed by atoms with Crippen LogP contribution in [-0.4, -0.2) is 37.0 Å². The molecule has 0 bridgehead atoms. The van der Waals surface area contributed by atoms with Gasteiger partial charge in [-0.15, -0.1) is 0 Å². The zero-order chi connectivity index (χ0) is 13.7. The second kappa shape index (κ2) is 6.66. The van der Waals surface area contributed by atoms with Crippen LogP contribution < -0.4 is 5.32 Å².